The molecule has 102 valence electrons. The number of methoxy groups -OCH3 is 1. The quantitative estimate of drug-likeness (QED) is 0.818. The molecule has 0 heterocycles. The molecule has 18 heavy (non-hydrogen) atoms. The minimum atomic E-state index is -0.170. The van der Waals surface area contributed by atoms with E-state index in [1.54, 1.807) is 25.3 Å². The molecule has 0 aliphatic rings. The normalized spacial score (nSPS) is 9.28. The monoisotopic (exact) mass is 274 g/mol. The van der Waals surface area contributed by atoms with Crippen LogP contribution in [0, 0.1) is 0 Å². The molecule has 5 nitrogen and oxygen atoms in total. The van der Waals surface area contributed by atoms with Gasteiger partial charge < -0.3 is 20.5 Å². The summed E-state index contributed by atoms with van der Waals surface area (Å²) >= 11 is 0. The van der Waals surface area contributed by atoms with E-state index in [-0.39, 0.29) is 18.3 Å². The van der Waals surface area contributed by atoms with Crippen molar-refractivity contribution in [2.45, 2.75) is 6.92 Å². The SMILES string of the molecule is CCOc1ccc(C(=O)NCCN)cc1OC.Cl. The zero-order chi connectivity index (χ0) is 12.7. The lowest BCUT2D eigenvalue weighted by Crippen LogP contribution is -2.28. The van der Waals surface area contributed by atoms with Crippen molar-refractivity contribution in [3.63, 3.8) is 0 Å². The highest BCUT2D eigenvalue weighted by atomic mass is 35.5. The Labute approximate surface area is 113 Å². The van der Waals surface area contributed by atoms with Crippen LogP contribution < -0.4 is 20.5 Å². The summed E-state index contributed by atoms with van der Waals surface area (Å²) in [5, 5.41) is 2.69. The Hall–Kier alpha value is -1.46. The van der Waals surface area contributed by atoms with Crippen molar-refractivity contribution in [1.29, 1.82) is 0 Å². The van der Waals surface area contributed by atoms with E-state index in [1.165, 1.54) is 0 Å². The van der Waals surface area contributed by atoms with Crippen molar-refractivity contribution < 1.29 is 14.3 Å². The topological polar surface area (TPSA) is 73.6 Å². The average molecular weight is 275 g/mol. The van der Waals surface area contributed by atoms with Crippen LogP contribution >= 0.6 is 12.4 Å². The standard InChI is InChI=1S/C12H18N2O3.ClH/c1-3-17-10-5-4-9(8-11(10)16-2)12(15)14-7-6-13;/h4-5,8H,3,6-7,13H2,1-2H3,(H,14,15);1H. The summed E-state index contributed by atoms with van der Waals surface area (Å²) in [6, 6.07) is 5.07. The van der Waals surface area contributed by atoms with Crippen molar-refractivity contribution >= 4 is 18.3 Å². The molecule has 0 saturated carbocycles. The second-order valence-corrected chi connectivity index (χ2v) is 3.34. The van der Waals surface area contributed by atoms with Gasteiger partial charge in [-0.25, -0.2) is 0 Å². The molecule has 1 amide bonds. The predicted octanol–water partition coefficient (Wildman–Crippen LogP) is 1.20. The minimum absolute atomic E-state index is 0. The predicted molar refractivity (Wildman–Crippen MR) is 72.8 cm³/mol. The van der Waals surface area contributed by atoms with Gasteiger partial charge >= 0.3 is 0 Å². The van der Waals surface area contributed by atoms with E-state index >= 15 is 0 Å². The minimum Gasteiger partial charge on any atom is -0.493 e. The molecule has 6 heteroatoms. The number of hydrogen-bond acceptors (Lipinski definition) is 4. The second-order valence-electron chi connectivity index (χ2n) is 3.34. The molecule has 0 spiro atoms. The highest BCUT2D eigenvalue weighted by Crippen LogP contribution is 2.27. The molecule has 0 aliphatic heterocycles. The highest BCUT2D eigenvalue weighted by molar-refractivity contribution is 5.94. The lowest BCUT2D eigenvalue weighted by molar-refractivity contribution is 0.0954. The molecule has 0 saturated heterocycles. The Morgan fingerprint density at radius 2 is 2.11 bits per heavy atom. The fourth-order valence-corrected chi connectivity index (χ4v) is 1.37. The molecular weight excluding hydrogens is 256 g/mol. The first kappa shape index (κ1) is 16.5. The van der Waals surface area contributed by atoms with E-state index in [0.29, 0.717) is 36.8 Å². The third-order valence-corrected chi connectivity index (χ3v) is 2.16. The van der Waals surface area contributed by atoms with Gasteiger partial charge in [0.25, 0.3) is 5.91 Å². The summed E-state index contributed by atoms with van der Waals surface area (Å²) in [5.41, 5.74) is 5.84. The molecule has 0 unspecified atom stereocenters. The summed E-state index contributed by atoms with van der Waals surface area (Å²) in [4.78, 5) is 11.7. The first-order chi connectivity index (χ1) is 8.22. The lowest BCUT2D eigenvalue weighted by Gasteiger charge is -2.10. The first-order valence-corrected chi connectivity index (χ1v) is 5.52. The molecule has 0 aromatic heterocycles. The van der Waals surface area contributed by atoms with E-state index in [2.05, 4.69) is 5.32 Å². The lowest BCUT2D eigenvalue weighted by atomic mass is 10.2. The maximum absolute atomic E-state index is 11.7. The molecule has 1 aromatic carbocycles. The van der Waals surface area contributed by atoms with Crippen LogP contribution in [0.2, 0.25) is 0 Å². The molecule has 1 aromatic rings. The molecule has 1 rings (SSSR count). The number of rotatable bonds is 6. The van der Waals surface area contributed by atoms with Gasteiger partial charge in [-0.3, -0.25) is 4.79 Å². The number of benzene rings is 1. The number of ether oxygens (including phenoxy) is 2. The fraction of sp³-hybridized carbons (Fsp3) is 0.417. The van der Waals surface area contributed by atoms with Crippen LogP contribution in [0.5, 0.6) is 11.5 Å². The van der Waals surface area contributed by atoms with Crippen LogP contribution in [0.25, 0.3) is 0 Å². The third-order valence-electron chi connectivity index (χ3n) is 2.16. The maximum Gasteiger partial charge on any atom is 0.251 e. The summed E-state index contributed by atoms with van der Waals surface area (Å²) in [6.07, 6.45) is 0. The van der Waals surface area contributed by atoms with Gasteiger partial charge in [0.1, 0.15) is 0 Å². The number of amides is 1. The first-order valence-electron chi connectivity index (χ1n) is 5.52. The molecule has 0 bridgehead atoms. The fourth-order valence-electron chi connectivity index (χ4n) is 1.37. The van der Waals surface area contributed by atoms with E-state index in [9.17, 15) is 4.79 Å². The van der Waals surface area contributed by atoms with Crippen LogP contribution in [0.4, 0.5) is 0 Å². The van der Waals surface area contributed by atoms with Crippen molar-refractivity contribution in [1.82, 2.24) is 5.32 Å². The van der Waals surface area contributed by atoms with Gasteiger partial charge in [-0.1, -0.05) is 0 Å². The van der Waals surface area contributed by atoms with Crippen LogP contribution in [-0.2, 0) is 0 Å². The van der Waals surface area contributed by atoms with Crippen molar-refractivity contribution in [2.75, 3.05) is 26.8 Å². The largest absolute Gasteiger partial charge is 0.493 e. The summed E-state index contributed by atoms with van der Waals surface area (Å²) in [6.45, 7) is 3.31. The van der Waals surface area contributed by atoms with Crippen LogP contribution in [0.3, 0.4) is 0 Å². The van der Waals surface area contributed by atoms with Crippen molar-refractivity contribution in [3.05, 3.63) is 23.8 Å². The number of nitrogens with two attached hydrogens (primary N) is 1. The molecule has 0 atom stereocenters. The van der Waals surface area contributed by atoms with Gasteiger partial charge in [0, 0.05) is 18.7 Å². The van der Waals surface area contributed by atoms with Crippen LogP contribution in [-0.4, -0.2) is 32.7 Å². The summed E-state index contributed by atoms with van der Waals surface area (Å²) in [5.74, 6) is 1.01. The van der Waals surface area contributed by atoms with Crippen LogP contribution in [0.1, 0.15) is 17.3 Å². The number of hydrogen-bond donors (Lipinski definition) is 2. The summed E-state index contributed by atoms with van der Waals surface area (Å²) in [7, 11) is 1.54. The Morgan fingerprint density at radius 3 is 2.67 bits per heavy atom. The number of nitrogens with one attached hydrogen (secondary N) is 1. The number of halogens is 1. The maximum atomic E-state index is 11.7. The molecular formula is C12H19ClN2O3. The van der Waals surface area contributed by atoms with Gasteiger partial charge in [-0.05, 0) is 25.1 Å². The zero-order valence-corrected chi connectivity index (χ0v) is 11.4. The second kappa shape index (κ2) is 8.60. The molecule has 0 radical (unpaired) electrons. The molecule has 0 fully saturated rings. The van der Waals surface area contributed by atoms with Gasteiger partial charge in [-0.2, -0.15) is 0 Å². The smallest absolute Gasteiger partial charge is 0.251 e. The Kier molecular flexibility index (Phi) is 7.91. The van der Waals surface area contributed by atoms with Gasteiger partial charge in [-0.15, -0.1) is 12.4 Å². The van der Waals surface area contributed by atoms with Gasteiger partial charge in [0.2, 0.25) is 0 Å². The van der Waals surface area contributed by atoms with E-state index < -0.39 is 0 Å². The Morgan fingerprint density at radius 1 is 1.39 bits per heavy atom. The highest BCUT2D eigenvalue weighted by Gasteiger charge is 2.10. The number of carbonyl (C=O) groups excluding carboxylic acids is 1. The Balaban J connectivity index is 0.00000289. The average Bonchev–Trinajstić information content (AvgIpc) is 2.36. The molecule has 3 N–H and O–H groups in total. The van der Waals surface area contributed by atoms with Gasteiger partial charge in [0.05, 0.1) is 13.7 Å². The van der Waals surface area contributed by atoms with E-state index in [4.69, 9.17) is 15.2 Å². The van der Waals surface area contributed by atoms with Gasteiger partial charge in [0.15, 0.2) is 11.5 Å². The van der Waals surface area contributed by atoms with Crippen molar-refractivity contribution in [2.24, 2.45) is 5.73 Å². The molecule has 0 aliphatic carbocycles. The number of carbonyl (C=O) groups is 1. The van der Waals surface area contributed by atoms with E-state index in [0.717, 1.165) is 0 Å². The summed E-state index contributed by atoms with van der Waals surface area (Å²) < 4.78 is 10.5. The third kappa shape index (κ3) is 4.43. The van der Waals surface area contributed by atoms with E-state index in [1.807, 2.05) is 6.92 Å². The van der Waals surface area contributed by atoms with Crippen LogP contribution in [0.15, 0.2) is 18.2 Å². The van der Waals surface area contributed by atoms with Crippen molar-refractivity contribution in [3.8, 4) is 11.5 Å². The Bertz CT molecular complexity index is 386. The zero-order valence-electron chi connectivity index (χ0n) is 10.6.